The molecular weight excluding hydrogens is 344 g/mol. The van der Waals surface area contributed by atoms with Gasteiger partial charge in [0.2, 0.25) is 0 Å². The molecule has 0 radical (unpaired) electrons. The van der Waals surface area contributed by atoms with E-state index in [-0.39, 0.29) is 11.7 Å². The second-order valence-corrected chi connectivity index (χ2v) is 6.67. The van der Waals surface area contributed by atoms with Gasteiger partial charge in [-0.15, -0.1) is 0 Å². The minimum absolute atomic E-state index is 0.0702. The maximum atomic E-state index is 12.1. The van der Waals surface area contributed by atoms with E-state index < -0.39 is 0 Å². The van der Waals surface area contributed by atoms with Gasteiger partial charge in [-0.1, -0.05) is 30.7 Å². The van der Waals surface area contributed by atoms with Gasteiger partial charge in [0.1, 0.15) is 5.75 Å². The van der Waals surface area contributed by atoms with Crippen molar-refractivity contribution in [2.24, 2.45) is 4.99 Å². The number of benzene rings is 2. The van der Waals surface area contributed by atoms with Crippen LogP contribution in [0.5, 0.6) is 5.75 Å². The molecule has 3 rings (SSSR count). The van der Waals surface area contributed by atoms with Crippen molar-refractivity contribution in [1.82, 2.24) is 5.32 Å². The Hall–Kier alpha value is -2.24. The van der Waals surface area contributed by atoms with Gasteiger partial charge < -0.3 is 10.4 Å². The number of rotatable bonds is 3. The first kappa shape index (κ1) is 16.6. The number of hydrogen-bond acceptors (Lipinski definition) is 4. The molecule has 0 atom stereocenters. The van der Waals surface area contributed by atoms with E-state index in [0.29, 0.717) is 20.7 Å². The van der Waals surface area contributed by atoms with Crippen LogP contribution in [0.2, 0.25) is 5.02 Å². The summed E-state index contributed by atoms with van der Waals surface area (Å²) in [7, 11) is 0. The molecule has 4 nitrogen and oxygen atoms in total. The number of aliphatic imine (C=N–C) groups is 1. The molecular formula is C18H15ClN2O2S. The Morgan fingerprint density at radius 1 is 1.25 bits per heavy atom. The predicted molar refractivity (Wildman–Crippen MR) is 99.7 cm³/mol. The highest BCUT2D eigenvalue weighted by molar-refractivity contribution is 8.18. The Morgan fingerprint density at radius 2 is 2.00 bits per heavy atom. The van der Waals surface area contributed by atoms with Crippen LogP contribution in [0.25, 0.3) is 6.08 Å². The van der Waals surface area contributed by atoms with Gasteiger partial charge in [-0.3, -0.25) is 4.79 Å². The standard InChI is InChI=1S/C18H15ClN2O2S/c1-2-11-3-6-14(7-4-11)20-18-21-17(23)16(24-18)10-12-9-13(19)5-8-15(12)22/h3-10,22H,2H2,1H3,(H,20,21,23)/b16-10-. The number of carbonyl (C=O) groups excluding carboxylic acids is 1. The average molecular weight is 359 g/mol. The van der Waals surface area contributed by atoms with Crippen LogP contribution in [0.1, 0.15) is 18.1 Å². The van der Waals surface area contributed by atoms with Gasteiger partial charge in [0, 0.05) is 10.6 Å². The molecule has 0 saturated carbocycles. The number of carbonyl (C=O) groups is 1. The van der Waals surface area contributed by atoms with Crippen molar-refractivity contribution in [3.05, 3.63) is 63.5 Å². The van der Waals surface area contributed by atoms with E-state index in [2.05, 4.69) is 17.2 Å². The van der Waals surface area contributed by atoms with Crippen molar-refractivity contribution in [3.8, 4) is 5.75 Å². The van der Waals surface area contributed by atoms with E-state index >= 15 is 0 Å². The van der Waals surface area contributed by atoms with Gasteiger partial charge in [-0.05, 0) is 60.2 Å². The van der Waals surface area contributed by atoms with Crippen molar-refractivity contribution in [2.75, 3.05) is 0 Å². The quantitative estimate of drug-likeness (QED) is 0.794. The number of nitrogens with one attached hydrogen (secondary N) is 1. The summed E-state index contributed by atoms with van der Waals surface area (Å²) in [5.74, 6) is -0.177. The molecule has 6 heteroatoms. The smallest absolute Gasteiger partial charge is 0.264 e. The highest BCUT2D eigenvalue weighted by Gasteiger charge is 2.24. The van der Waals surface area contributed by atoms with Gasteiger partial charge in [0.25, 0.3) is 5.91 Å². The summed E-state index contributed by atoms with van der Waals surface area (Å²) >= 11 is 7.16. The number of hydrogen-bond donors (Lipinski definition) is 2. The zero-order valence-corrected chi connectivity index (χ0v) is 14.5. The number of phenols is 1. The van der Waals surface area contributed by atoms with Crippen LogP contribution in [0.3, 0.4) is 0 Å². The second kappa shape index (κ2) is 7.11. The first-order chi connectivity index (χ1) is 11.5. The fraction of sp³-hybridized carbons (Fsp3) is 0.111. The maximum absolute atomic E-state index is 12.1. The molecule has 2 aromatic carbocycles. The summed E-state index contributed by atoms with van der Waals surface area (Å²) < 4.78 is 0. The zero-order valence-electron chi connectivity index (χ0n) is 12.9. The highest BCUT2D eigenvalue weighted by atomic mass is 35.5. The average Bonchev–Trinajstić information content (AvgIpc) is 2.91. The van der Waals surface area contributed by atoms with Crippen LogP contribution in [0.4, 0.5) is 5.69 Å². The first-order valence-corrected chi connectivity index (χ1v) is 8.61. The summed E-state index contributed by atoms with van der Waals surface area (Å²) in [5, 5.41) is 13.6. The van der Waals surface area contributed by atoms with Crippen molar-refractivity contribution in [3.63, 3.8) is 0 Å². The third-order valence-electron chi connectivity index (χ3n) is 3.50. The number of phenolic OH excluding ortho intramolecular Hbond substituents is 1. The molecule has 1 saturated heterocycles. The lowest BCUT2D eigenvalue weighted by Crippen LogP contribution is -2.19. The molecule has 0 unspecified atom stereocenters. The molecule has 1 fully saturated rings. The van der Waals surface area contributed by atoms with E-state index in [4.69, 9.17) is 11.6 Å². The Balaban J connectivity index is 1.83. The molecule has 122 valence electrons. The number of amidine groups is 1. The van der Waals surface area contributed by atoms with Crippen LogP contribution >= 0.6 is 23.4 Å². The van der Waals surface area contributed by atoms with Gasteiger partial charge in [-0.25, -0.2) is 4.99 Å². The fourth-order valence-electron chi connectivity index (χ4n) is 2.19. The molecule has 24 heavy (non-hydrogen) atoms. The molecule has 1 amide bonds. The van der Waals surface area contributed by atoms with Gasteiger partial charge >= 0.3 is 0 Å². The van der Waals surface area contributed by atoms with E-state index in [0.717, 1.165) is 12.1 Å². The molecule has 1 aliphatic rings. The Kier molecular flexibility index (Phi) is 4.92. The monoisotopic (exact) mass is 358 g/mol. The largest absolute Gasteiger partial charge is 0.507 e. The van der Waals surface area contributed by atoms with Crippen LogP contribution in [-0.4, -0.2) is 16.2 Å². The summed E-state index contributed by atoms with van der Waals surface area (Å²) in [6.45, 7) is 2.09. The number of aryl methyl sites for hydroxylation is 1. The summed E-state index contributed by atoms with van der Waals surface area (Å²) in [4.78, 5) is 17.0. The van der Waals surface area contributed by atoms with Crippen molar-refractivity contribution < 1.29 is 9.90 Å². The van der Waals surface area contributed by atoms with E-state index in [1.807, 2.05) is 24.3 Å². The molecule has 0 aliphatic carbocycles. The summed E-state index contributed by atoms with van der Waals surface area (Å²) in [5.41, 5.74) is 2.51. The Morgan fingerprint density at radius 3 is 2.71 bits per heavy atom. The normalized spacial score (nSPS) is 17.5. The van der Waals surface area contributed by atoms with Gasteiger partial charge in [0.15, 0.2) is 5.17 Å². The van der Waals surface area contributed by atoms with E-state index in [1.165, 1.54) is 23.4 Å². The third-order valence-corrected chi connectivity index (χ3v) is 4.65. The minimum atomic E-state index is -0.247. The number of nitrogens with zero attached hydrogens (tertiary/aromatic N) is 1. The lowest BCUT2D eigenvalue weighted by atomic mass is 10.2. The van der Waals surface area contributed by atoms with Crippen LogP contribution in [-0.2, 0) is 11.2 Å². The van der Waals surface area contributed by atoms with Crippen LogP contribution in [0.15, 0.2) is 52.4 Å². The molecule has 2 N–H and O–H groups in total. The highest BCUT2D eigenvalue weighted by Crippen LogP contribution is 2.31. The van der Waals surface area contributed by atoms with Crippen LogP contribution in [0, 0.1) is 0 Å². The van der Waals surface area contributed by atoms with Crippen LogP contribution < -0.4 is 5.32 Å². The summed E-state index contributed by atoms with van der Waals surface area (Å²) in [6, 6.07) is 12.6. The molecule has 2 aromatic rings. The Labute approximate surface area is 149 Å². The zero-order chi connectivity index (χ0) is 17.1. The number of thioether (sulfide) groups is 1. The number of amides is 1. The van der Waals surface area contributed by atoms with Crippen molar-refractivity contribution >= 4 is 46.2 Å². The minimum Gasteiger partial charge on any atom is -0.507 e. The molecule has 0 aromatic heterocycles. The first-order valence-electron chi connectivity index (χ1n) is 7.42. The molecule has 0 bridgehead atoms. The van der Waals surface area contributed by atoms with Gasteiger partial charge in [-0.2, -0.15) is 0 Å². The maximum Gasteiger partial charge on any atom is 0.264 e. The predicted octanol–water partition coefficient (Wildman–Crippen LogP) is 4.50. The SMILES string of the molecule is CCc1ccc(N=C2NC(=O)/C(=C/c3cc(Cl)ccc3O)S2)cc1. The topological polar surface area (TPSA) is 61.7 Å². The van der Waals surface area contributed by atoms with E-state index in [1.54, 1.807) is 18.2 Å². The Bertz CT molecular complexity index is 845. The molecule has 1 heterocycles. The third kappa shape index (κ3) is 3.80. The van der Waals surface area contributed by atoms with Gasteiger partial charge in [0.05, 0.1) is 10.6 Å². The molecule has 1 aliphatic heterocycles. The second-order valence-electron chi connectivity index (χ2n) is 5.20. The lowest BCUT2D eigenvalue weighted by Gasteiger charge is -2.00. The van der Waals surface area contributed by atoms with Crippen molar-refractivity contribution in [1.29, 1.82) is 0 Å². The molecule has 0 spiro atoms. The van der Waals surface area contributed by atoms with Crippen molar-refractivity contribution in [2.45, 2.75) is 13.3 Å². The number of halogens is 1. The van der Waals surface area contributed by atoms with E-state index in [9.17, 15) is 9.90 Å². The number of aromatic hydroxyl groups is 1. The lowest BCUT2D eigenvalue weighted by molar-refractivity contribution is -0.115. The summed E-state index contributed by atoms with van der Waals surface area (Å²) in [6.07, 6.45) is 2.57. The fourth-order valence-corrected chi connectivity index (χ4v) is 3.20.